The lowest BCUT2D eigenvalue weighted by Crippen LogP contribution is -1.97. The van der Waals surface area contributed by atoms with E-state index in [1.165, 1.54) is 6.08 Å². The summed E-state index contributed by atoms with van der Waals surface area (Å²) >= 11 is 0. The van der Waals surface area contributed by atoms with Crippen molar-refractivity contribution in [3.05, 3.63) is 65.5 Å². The Hall–Kier alpha value is -3.11. The summed E-state index contributed by atoms with van der Waals surface area (Å²) in [5.74, 6) is 0.666. The molecule has 2 rings (SSSR count). The van der Waals surface area contributed by atoms with Gasteiger partial charge in [-0.2, -0.15) is 10.5 Å². The summed E-state index contributed by atoms with van der Waals surface area (Å²) in [5.41, 5.74) is 1.65. The zero-order chi connectivity index (χ0) is 14.2. The molecule has 2 aromatic rings. The Bertz CT molecular complexity index is 678. The van der Waals surface area contributed by atoms with Crippen molar-refractivity contribution in [3.63, 3.8) is 0 Å². The standard InChI is InChI=1S/C16H11N3O/c17-10-14(11-18)8-13-4-3-6-16(9-13)20-12-15-5-1-2-7-19-15/h1-9H,12H2. The fourth-order valence-electron chi connectivity index (χ4n) is 1.59. The number of aromatic nitrogens is 1. The predicted molar refractivity (Wildman–Crippen MR) is 74.2 cm³/mol. The molecule has 0 aliphatic carbocycles. The summed E-state index contributed by atoms with van der Waals surface area (Å²) < 4.78 is 5.62. The predicted octanol–water partition coefficient (Wildman–Crippen LogP) is 3.09. The van der Waals surface area contributed by atoms with E-state index in [1.807, 2.05) is 48.5 Å². The molecule has 0 amide bonds. The van der Waals surface area contributed by atoms with Gasteiger partial charge in [-0.05, 0) is 35.9 Å². The third-order valence-electron chi connectivity index (χ3n) is 2.52. The Morgan fingerprint density at radius 2 is 2.00 bits per heavy atom. The van der Waals surface area contributed by atoms with E-state index in [0.717, 1.165) is 11.3 Å². The van der Waals surface area contributed by atoms with Gasteiger partial charge in [0.05, 0.1) is 5.69 Å². The zero-order valence-electron chi connectivity index (χ0n) is 10.7. The lowest BCUT2D eigenvalue weighted by molar-refractivity contribution is 0.301. The first-order valence-corrected chi connectivity index (χ1v) is 5.96. The van der Waals surface area contributed by atoms with E-state index in [9.17, 15) is 0 Å². The van der Waals surface area contributed by atoms with Crippen LogP contribution in [-0.2, 0) is 6.61 Å². The highest BCUT2D eigenvalue weighted by Gasteiger charge is 1.99. The summed E-state index contributed by atoms with van der Waals surface area (Å²) in [5, 5.41) is 17.5. The number of pyridine rings is 1. The largest absolute Gasteiger partial charge is 0.487 e. The molecule has 0 bridgehead atoms. The third-order valence-corrected chi connectivity index (χ3v) is 2.52. The number of benzene rings is 1. The lowest BCUT2D eigenvalue weighted by Gasteiger charge is -2.06. The molecule has 1 heterocycles. The van der Waals surface area contributed by atoms with Gasteiger partial charge in [-0.25, -0.2) is 0 Å². The quantitative estimate of drug-likeness (QED) is 0.793. The highest BCUT2D eigenvalue weighted by atomic mass is 16.5. The molecular weight excluding hydrogens is 250 g/mol. The summed E-state index contributed by atoms with van der Waals surface area (Å²) in [7, 11) is 0. The van der Waals surface area contributed by atoms with Crippen LogP contribution in [0.5, 0.6) is 5.75 Å². The molecule has 0 unspecified atom stereocenters. The Morgan fingerprint density at radius 1 is 1.15 bits per heavy atom. The fraction of sp³-hybridized carbons (Fsp3) is 0.0625. The van der Waals surface area contributed by atoms with Crippen molar-refractivity contribution in [2.75, 3.05) is 0 Å². The smallest absolute Gasteiger partial charge is 0.130 e. The van der Waals surface area contributed by atoms with Crippen molar-refractivity contribution < 1.29 is 4.74 Å². The van der Waals surface area contributed by atoms with E-state index in [2.05, 4.69) is 4.98 Å². The molecular formula is C16H11N3O. The zero-order valence-corrected chi connectivity index (χ0v) is 10.7. The molecule has 0 atom stereocenters. The number of nitriles is 2. The number of allylic oxidation sites excluding steroid dienone is 1. The van der Waals surface area contributed by atoms with E-state index >= 15 is 0 Å². The van der Waals surface area contributed by atoms with Crippen LogP contribution in [-0.4, -0.2) is 4.98 Å². The van der Waals surface area contributed by atoms with Crippen molar-refractivity contribution in [2.45, 2.75) is 6.61 Å². The lowest BCUT2D eigenvalue weighted by atomic mass is 10.1. The van der Waals surface area contributed by atoms with E-state index < -0.39 is 0 Å². The van der Waals surface area contributed by atoms with Crippen LogP contribution in [0.15, 0.2) is 54.2 Å². The summed E-state index contributed by atoms with van der Waals surface area (Å²) in [4.78, 5) is 4.17. The molecule has 0 spiro atoms. The van der Waals surface area contributed by atoms with Crippen LogP contribution in [0.3, 0.4) is 0 Å². The van der Waals surface area contributed by atoms with Crippen LogP contribution < -0.4 is 4.74 Å². The Kier molecular flexibility index (Phi) is 4.48. The first-order valence-electron chi connectivity index (χ1n) is 5.96. The first kappa shape index (κ1) is 13.3. The minimum Gasteiger partial charge on any atom is -0.487 e. The van der Waals surface area contributed by atoms with Gasteiger partial charge < -0.3 is 4.74 Å². The molecule has 0 radical (unpaired) electrons. The first-order chi connectivity index (χ1) is 9.81. The van der Waals surface area contributed by atoms with Gasteiger partial charge in [0.1, 0.15) is 30.1 Å². The third kappa shape index (κ3) is 3.69. The molecule has 96 valence electrons. The molecule has 0 saturated carbocycles. The maximum absolute atomic E-state index is 8.73. The van der Waals surface area contributed by atoms with Gasteiger partial charge in [0, 0.05) is 6.20 Å². The fourth-order valence-corrected chi connectivity index (χ4v) is 1.59. The maximum Gasteiger partial charge on any atom is 0.130 e. The van der Waals surface area contributed by atoms with Gasteiger partial charge in [-0.1, -0.05) is 18.2 Å². The average Bonchev–Trinajstić information content (AvgIpc) is 2.52. The molecule has 1 aromatic heterocycles. The highest BCUT2D eigenvalue weighted by molar-refractivity contribution is 5.62. The minimum absolute atomic E-state index is 0.0619. The van der Waals surface area contributed by atoms with Crippen LogP contribution in [0.4, 0.5) is 0 Å². The van der Waals surface area contributed by atoms with E-state index in [1.54, 1.807) is 12.3 Å². The average molecular weight is 261 g/mol. The van der Waals surface area contributed by atoms with Gasteiger partial charge in [0.25, 0.3) is 0 Å². The second kappa shape index (κ2) is 6.72. The number of rotatable bonds is 4. The van der Waals surface area contributed by atoms with Crippen LogP contribution in [0.2, 0.25) is 0 Å². The molecule has 0 N–H and O–H groups in total. The summed E-state index contributed by atoms with van der Waals surface area (Å²) in [6.07, 6.45) is 3.23. The number of hydrogen-bond donors (Lipinski definition) is 0. The van der Waals surface area contributed by atoms with Crippen LogP contribution >= 0.6 is 0 Å². The van der Waals surface area contributed by atoms with E-state index in [4.69, 9.17) is 15.3 Å². The van der Waals surface area contributed by atoms with Crippen LogP contribution in [0.1, 0.15) is 11.3 Å². The Balaban J connectivity index is 2.09. The second-order valence-corrected chi connectivity index (χ2v) is 3.96. The highest BCUT2D eigenvalue weighted by Crippen LogP contribution is 2.16. The van der Waals surface area contributed by atoms with Crippen molar-refractivity contribution in [2.24, 2.45) is 0 Å². The van der Waals surface area contributed by atoms with E-state index in [-0.39, 0.29) is 5.57 Å². The molecule has 0 fully saturated rings. The van der Waals surface area contributed by atoms with E-state index in [0.29, 0.717) is 12.4 Å². The van der Waals surface area contributed by atoms with Crippen molar-refractivity contribution in [1.82, 2.24) is 4.98 Å². The van der Waals surface area contributed by atoms with Crippen LogP contribution in [0.25, 0.3) is 6.08 Å². The molecule has 4 nitrogen and oxygen atoms in total. The Morgan fingerprint density at radius 3 is 2.70 bits per heavy atom. The molecule has 0 saturated heterocycles. The molecule has 20 heavy (non-hydrogen) atoms. The topological polar surface area (TPSA) is 69.7 Å². The summed E-state index contributed by atoms with van der Waals surface area (Å²) in [6.45, 7) is 0.372. The minimum atomic E-state index is 0.0619. The van der Waals surface area contributed by atoms with Gasteiger partial charge in [-0.15, -0.1) is 0 Å². The number of ether oxygens (including phenoxy) is 1. The molecule has 0 aliphatic rings. The number of hydrogen-bond acceptors (Lipinski definition) is 4. The normalized spacial score (nSPS) is 9.10. The van der Waals surface area contributed by atoms with Crippen molar-refractivity contribution in [3.8, 4) is 17.9 Å². The monoisotopic (exact) mass is 261 g/mol. The van der Waals surface area contributed by atoms with Gasteiger partial charge in [0.15, 0.2) is 0 Å². The SMILES string of the molecule is N#CC(C#N)=Cc1cccc(OCc2ccccn2)c1. The van der Waals surface area contributed by atoms with Gasteiger partial charge >= 0.3 is 0 Å². The molecule has 4 heteroatoms. The van der Waals surface area contributed by atoms with Crippen molar-refractivity contribution in [1.29, 1.82) is 10.5 Å². The molecule has 0 aliphatic heterocycles. The van der Waals surface area contributed by atoms with Crippen molar-refractivity contribution >= 4 is 6.08 Å². The number of nitrogens with zero attached hydrogens (tertiary/aromatic N) is 3. The van der Waals surface area contributed by atoms with Gasteiger partial charge in [-0.3, -0.25) is 4.98 Å². The summed E-state index contributed by atoms with van der Waals surface area (Å²) in [6, 6.07) is 16.5. The Labute approximate surface area is 117 Å². The van der Waals surface area contributed by atoms with Gasteiger partial charge in [0.2, 0.25) is 0 Å². The molecule has 1 aromatic carbocycles. The maximum atomic E-state index is 8.73. The van der Waals surface area contributed by atoms with Crippen LogP contribution in [0, 0.1) is 22.7 Å². The second-order valence-electron chi connectivity index (χ2n) is 3.96.